The van der Waals surface area contributed by atoms with Crippen LogP contribution in [-0.4, -0.2) is 36.5 Å². The molecule has 0 atom stereocenters. The van der Waals surface area contributed by atoms with Gasteiger partial charge in [0.15, 0.2) is 10.8 Å². The Bertz CT molecular complexity index is 1110. The largest absolute Gasteiger partial charge is 0.396 e. The lowest BCUT2D eigenvalue weighted by Crippen LogP contribution is -2.10. The average molecular weight is 453 g/mol. The van der Waals surface area contributed by atoms with Gasteiger partial charge in [-0.15, -0.1) is 21.6 Å². The zero-order valence-electron chi connectivity index (χ0n) is 18.0. The van der Waals surface area contributed by atoms with Gasteiger partial charge in [-0.1, -0.05) is 0 Å². The molecule has 166 valence electrons. The molecule has 0 bridgehead atoms. The van der Waals surface area contributed by atoms with Crippen LogP contribution in [-0.2, 0) is 4.74 Å². The van der Waals surface area contributed by atoms with Crippen molar-refractivity contribution in [3.05, 3.63) is 27.1 Å². The molecule has 32 heavy (non-hydrogen) atoms. The van der Waals surface area contributed by atoms with E-state index in [1.807, 2.05) is 6.07 Å². The molecule has 2 rings (SSSR count). The van der Waals surface area contributed by atoms with Gasteiger partial charge >= 0.3 is 0 Å². The van der Waals surface area contributed by atoms with Crippen LogP contribution in [0.2, 0.25) is 0 Å². The number of aromatic nitrogens is 1. The monoisotopic (exact) mass is 452 g/mol. The van der Waals surface area contributed by atoms with Gasteiger partial charge in [0.1, 0.15) is 34.6 Å². The van der Waals surface area contributed by atoms with Gasteiger partial charge in [0.2, 0.25) is 0 Å². The number of azo groups is 1. The van der Waals surface area contributed by atoms with Gasteiger partial charge in [0, 0.05) is 31.9 Å². The summed E-state index contributed by atoms with van der Waals surface area (Å²) in [5, 5.41) is 48.7. The van der Waals surface area contributed by atoms with Crippen molar-refractivity contribution in [2.75, 3.05) is 37.4 Å². The SMILES string of the molecule is Cc1c(C#N)sc(N=Nc2c(NCCCOCCCCO)nc(N)c(C#N)c2C)c1C#N. The quantitative estimate of drug-likeness (QED) is 0.339. The van der Waals surface area contributed by atoms with Crippen LogP contribution in [0, 0.1) is 47.8 Å². The number of rotatable bonds is 11. The highest BCUT2D eigenvalue weighted by Crippen LogP contribution is 2.38. The van der Waals surface area contributed by atoms with E-state index in [9.17, 15) is 15.8 Å². The van der Waals surface area contributed by atoms with Crippen LogP contribution < -0.4 is 11.1 Å². The minimum atomic E-state index is 0.0863. The van der Waals surface area contributed by atoms with E-state index in [4.69, 9.17) is 15.6 Å². The van der Waals surface area contributed by atoms with E-state index in [0.717, 1.165) is 17.8 Å². The Morgan fingerprint density at radius 1 is 1.03 bits per heavy atom. The summed E-state index contributed by atoms with van der Waals surface area (Å²) in [5.74, 6) is 0.457. The summed E-state index contributed by atoms with van der Waals surface area (Å²) in [4.78, 5) is 4.67. The molecule has 0 spiro atoms. The number of hydrogen-bond acceptors (Lipinski definition) is 11. The van der Waals surface area contributed by atoms with E-state index in [2.05, 4.69) is 32.7 Å². The Labute approximate surface area is 190 Å². The van der Waals surface area contributed by atoms with Gasteiger partial charge in [-0.25, -0.2) is 4.98 Å². The maximum Gasteiger partial charge on any atom is 0.158 e. The van der Waals surface area contributed by atoms with Crippen LogP contribution in [0.5, 0.6) is 0 Å². The third-order valence-electron chi connectivity index (χ3n) is 4.59. The standard InChI is InChI=1S/C21H24N8O2S/c1-13-16(11-23)21(32-17(13)12-24)29-28-18-14(2)15(10-22)19(25)27-20(18)26-6-5-9-31-8-4-3-7-30/h30H,3-9H2,1-2H3,(H3,25,26,27). The van der Waals surface area contributed by atoms with Crippen molar-refractivity contribution >= 4 is 33.7 Å². The number of nitrogens with one attached hydrogen (secondary N) is 1. The third-order valence-corrected chi connectivity index (χ3v) is 5.67. The fourth-order valence-electron chi connectivity index (χ4n) is 2.81. The molecule has 0 amide bonds. The maximum absolute atomic E-state index is 9.42. The molecule has 11 heteroatoms. The van der Waals surface area contributed by atoms with Crippen LogP contribution in [0.15, 0.2) is 10.2 Å². The van der Waals surface area contributed by atoms with E-state index >= 15 is 0 Å². The van der Waals surface area contributed by atoms with E-state index in [1.165, 1.54) is 0 Å². The minimum Gasteiger partial charge on any atom is -0.396 e. The van der Waals surface area contributed by atoms with Gasteiger partial charge in [-0.3, -0.25) is 0 Å². The van der Waals surface area contributed by atoms with Crippen molar-refractivity contribution in [1.29, 1.82) is 15.8 Å². The highest BCUT2D eigenvalue weighted by Gasteiger charge is 2.18. The Morgan fingerprint density at radius 3 is 2.41 bits per heavy atom. The lowest BCUT2D eigenvalue weighted by molar-refractivity contribution is 0.125. The van der Waals surface area contributed by atoms with Crippen LogP contribution in [0.1, 0.15) is 46.4 Å². The first-order valence-electron chi connectivity index (χ1n) is 9.96. The molecule has 0 saturated carbocycles. The second-order valence-electron chi connectivity index (χ2n) is 6.79. The molecule has 0 aliphatic rings. The van der Waals surface area contributed by atoms with Crippen molar-refractivity contribution in [3.8, 4) is 18.2 Å². The summed E-state index contributed by atoms with van der Waals surface area (Å²) in [5.41, 5.74) is 7.85. The van der Waals surface area contributed by atoms with Gasteiger partial charge in [0.25, 0.3) is 0 Å². The predicted molar refractivity (Wildman–Crippen MR) is 121 cm³/mol. The molecular weight excluding hydrogens is 428 g/mol. The highest BCUT2D eigenvalue weighted by atomic mass is 32.1. The Kier molecular flexibility index (Phi) is 9.52. The Morgan fingerprint density at radius 2 is 1.75 bits per heavy atom. The maximum atomic E-state index is 9.42. The van der Waals surface area contributed by atoms with Gasteiger partial charge < -0.3 is 20.9 Å². The number of nitrogens with two attached hydrogens (primary N) is 1. The van der Waals surface area contributed by atoms with E-state index in [0.29, 0.717) is 70.7 Å². The number of unbranched alkanes of at least 4 members (excludes halogenated alkanes) is 1. The van der Waals surface area contributed by atoms with Crippen molar-refractivity contribution in [3.63, 3.8) is 0 Å². The number of hydrogen-bond donors (Lipinski definition) is 3. The number of nitrogen functional groups attached to an aromatic ring is 1. The number of anilines is 2. The van der Waals surface area contributed by atoms with Crippen molar-refractivity contribution in [1.82, 2.24) is 4.98 Å². The zero-order chi connectivity index (χ0) is 23.5. The summed E-state index contributed by atoms with van der Waals surface area (Å²) >= 11 is 1.08. The Balaban J connectivity index is 2.23. The number of aliphatic hydroxyl groups excluding tert-OH is 1. The molecule has 10 nitrogen and oxygen atoms in total. The lowest BCUT2D eigenvalue weighted by atomic mass is 10.1. The normalized spacial score (nSPS) is 10.6. The third kappa shape index (κ3) is 5.99. The van der Waals surface area contributed by atoms with Crippen LogP contribution in [0.3, 0.4) is 0 Å². The lowest BCUT2D eigenvalue weighted by Gasteiger charge is -2.12. The van der Waals surface area contributed by atoms with E-state index in [-0.39, 0.29) is 18.0 Å². The predicted octanol–water partition coefficient (Wildman–Crippen LogP) is 3.96. The number of nitriles is 3. The average Bonchev–Trinajstić information content (AvgIpc) is 3.09. The van der Waals surface area contributed by atoms with Crippen molar-refractivity contribution < 1.29 is 9.84 Å². The smallest absolute Gasteiger partial charge is 0.158 e. The van der Waals surface area contributed by atoms with E-state index in [1.54, 1.807) is 13.8 Å². The molecular formula is C21H24N8O2S. The summed E-state index contributed by atoms with van der Waals surface area (Å²) < 4.78 is 5.51. The molecule has 2 aromatic rings. The number of ether oxygens (including phenoxy) is 1. The summed E-state index contributed by atoms with van der Waals surface area (Å²) in [6, 6.07) is 6.13. The molecule has 4 N–H and O–H groups in total. The fourth-order valence-corrected chi connectivity index (χ4v) is 3.68. The number of aliphatic hydroxyl groups is 1. The summed E-state index contributed by atoms with van der Waals surface area (Å²) in [6.07, 6.45) is 2.22. The van der Waals surface area contributed by atoms with Crippen molar-refractivity contribution in [2.24, 2.45) is 10.2 Å². The first-order valence-corrected chi connectivity index (χ1v) is 10.8. The molecule has 0 unspecified atom stereocenters. The molecule has 2 aromatic heterocycles. The van der Waals surface area contributed by atoms with Crippen LogP contribution >= 0.6 is 11.3 Å². The van der Waals surface area contributed by atoms with Gasteiger partial charge in [0.05, 0.1) is 11.1 Å². The molecule has 0 radical (unpaired) electrons. The molecule has 2 heterocycles. The second kappa shape index (κ2) is 12.3. The zero-order valence-corrected chi connectivity index (χ0v) is 18.8. The number of pyridine rings is 1. The highest BCUT2D eigenvalue weighted by molar-refractivity contribution is 7.16. The fraction of sp³-hybridized carbons (Fsp3) is 0.429. The number of nitrogens with zero attached hydrogens (tertiary/aromatic N) is 6. The minimum absolute atomic E-state index is 0.0863. The molecule has 0 aliphatic carbocycles. The van der Waals surface area contributed by atoms with Gasteiger partial charge in [-0.05, 0) is 38.7 Å². The van der Waals surface area contributed by atoms with Crippen LogP contribution in [0.25, 0.3) is 0 Å². The first-order chi connectivity index (χ1) is 15.5. The Hall–Kier alpha value is -3.56. The summed E-state index contributed by atoms with van der Waals surface area (Å²) in [7, 11) is 0. The van der Waals surface area contributed by atoms with E-state index < -0.39 is 0 Å². The van der Waals surface area contributed by atoms with Crippen LogP contribution in [0.4, 0.5) is 22.3 Å². The number of thiophene rings is 1. The molecule has 0 saturated heterocycles. The van der Waals surface area contributed by atoms with Crippen molar-refractivity contribution in [2.45, 2.75) is 33.1 Å². The molecule has 0 aliphatic heterocycles. The first kappa shape index (κ1) is 24.7. The summed E-state index contributed by atoms with van der Waals surface area (Å²) in [6.45, 7) is 5.21. The van der Waals surface area contributed by atoms with Gasteiger partial charge in [-0.2, -0.15) is 15.8 Å². The molecule has 0 fully saturated rings. The topological polar surface area (TPSA) is 176 Å². The second-order valence-corrected chi connectivity index (χ2v) is 7.79. The molecule has 0 aromatic carbocycles.